The van der Waals surface area contributed by atoms with Crippen LogP contribution in [0.15, 0.2) is 33.2 Å². The minimum absolute atomic E-state index is 0.580. The highest BCUT2D eigenvalue weighted by Crippen LogP contribution is 2.45. The molecule has 0 amide bonds. The molecule has 2 aromatic rings. The average Bonchev–Trinajstić information content (AvgIpc) is 2.23. The normalized spacial score (nSPS) is 17.0. The van der Waals surface area contributed by atoms with E-state index in [1.165, 1.54) is 48.7 Å². The molecule has 1 atom stereocenters. The first-order chi connectivity index (χ1) is 8.97. The van der Waals surface area contributed by atoms with E-state index in [0.717, 1.165) is 0 Å². The van der Waals surface area contributed by atoms with Gasteiger partial charge >= 0.3 is 0 Å². The number of rotatable bonds is 1. The lowest BCUT2D eigenvalue weighted by atomic mass is 9.70. The van der Waals surface area contributed by atoms with Gasteiger partial charge in [-0.15, -0.1) is 0 Å². The van der Waals surface area contributed by atoms with E-state index in [9.17, 15) is 0 Å². The summed E-state index contributed by atoms with van der Waals surface area (Å²) in [4.78, 5) is 0. The summed E-state index contributed by atoms with van der Waals surface area (Å²) < 4.78 is 2.38. The summed E-state index contributed by atoms with van der Waals surface area (Å²) in [5.74, 6) is 0.580. The van der Waals surface area contributed by atoms with Crippen LogP contribution in [0.4, 0.5) is 0 Å². The van der Waals surface area contributed by atoms with E-state index in [0.29, 0.717) is 5.92 Å². The first kappa shape index (κ1) is 13.4. The van der Waals surface area contributed by atoms with Crippen LogP contribution >= 0.6 is 31.9 Å². The van der Waals surface area contributed by atoms with Crippen LogP contribution in [0.5, 0.6) is 0 Å². The first-order valence-electron chi connectivity index (χ1n) is 6.53. The molecular formula is C17H16Br2. The third-order valence-corrected chi connectivity index (χ3v) is 5.03. The highest BCUT2D eigenvalue weighted by molar-refractivity contribution is 9.10. The second-order valence-corrected chi connectivity index (χ2v) is 7.34. The van der Waals surface area contributed by atoms with Gasteiger partial charge in [0, 0.05) is 14.9 Å². The monoisotopic (exact) mass is 378 g/mol. The van der Waals surface area contributed by atoms with E-state index >= 15 is 0 Å². The Morgan fingerprint density at radius 3 is 1.79 bits per heavy atom. The van der Waals surface area contributed by atoms with Gasteiger partial charge < -0.3 is 0 Å². The Morgan fingerprint density at radius 2 is 1.26 bits per heavy atom. The van der Waals surface area contributed by atoms with E-state index in [-0.39, 0.29) is 0 Å². The van der Waals surface area contributed by atoms with Crippen LogP contribution in [0.1, 0.15) is 39.3 Å². The van der Waals surface area contributed by atoms with Gasteiger partial charge in [-0.2, -0.15) is 0 Å². The van der Waals surface area contributed by atoms with Crippen LogP contribution in [0.25, 0.3) is 0 Å². The second-order valence-electron chi connectivity index (χ2n) is 5.51. The second kappa shape index (κ2) is 4.75. The standard InChI is InChI=1S/C17H16Br2/c1-9-4-13(18)5-10(2)16(9)15-8-12-7-14(19)6-11(3)17(12)15/h4-7,15H,8H2,1-3H3. The van der Waals surface area contributed by atoms with Gasteiger partial charge in [0.15, 0.2) is 0 Å². The molecule has 0 fully saturated rings. The Hall–Kier alpha value is -0.600. The predicted octanol–water partition coefficient (Wildman–Crippen LogP) is 5.82. The molecule has 0 nitrogen and oxygen atoms in total. The molecule has 0 radical (unpaired) electrons. The quantitative estimate of drug-likeness (QED) is 0.585. The van der Waals surface area contributed by atoms with Crippen LogP contribution in [-0.4, -0.2) is 0 Å². The lowest BCUT2D eigenvalue weighted by Crippen LogP contribution is -2.21. The molecule has 3 rings (SSSR count). The van der Waals surface area contributed by atoms with Gasteiger partial charge in [-0.05, 0) is 84.8 Å². The van der Waals surface area contributed by atoms with Crippen LogP contribution in [0, 0.1) is 20.8 Å². The van der Waals surface area contributed by atoms with Crippen molar-refractivity contribution in [3.63, 3.8) is 0 Å². The molecule has 98 valence electrons. The summed E-state index contributed by atoms with van der Waals surface area (Å²) >= 11 is 7.18. The number of hydrogen-bond donors (Lipinski definition) is 0. The van der Waals surface area contributed by atoms with Crippen molar-refractivity contribution in [2.24, 2.45) is 0 Å². The number of hydrogen-bond acceptors (Lipinski definition) is 0. The number of aryl methyl sites for hydroxylation is 3. The van der Waals surface area contributed by atoms with Crippen LogP contribution < -0.4 is 0 Å². The summed E-state index contributed by atoms with van der Waals surface area (Å²) in [6, 6.07) is 8.96. The average molecular weight is 380 g/mol. The molecule has 0 saturated heterocycles. The third kappa shape index (κ3) is 2.19. The number of benzene rings is 2. The SMILES string of the molecule is Cc1cc(Br)cc(C)c1C1Cc2cc(Br)cc(C)c21. The minimum Gasteiger partial charge on any atom is -0.0508 e. The van der Waals surface area contributed by atoms with Gasteiger partial charge in [-0.3, -0.25) is 0 Å². The third-order valence-electron chi connectivity index (χ3n) is 4.12. The minimum atomic E-state index is 0.580. The fraction of sp³-hybridized carbons (Fsp3) is 0.294. The van der Waals surface area contributed by atoms with Crippen molar-refractivity contribution in [2.75, 3.05) is 0 Å². The Kier molecular flexibility index (Phi) is 3.34. The van der Waals surface area contributed by atoms with Crippen molar-refractivity contribution in [1.29, 1.82) is 0 Å². The smallest absolute Gasteiger partial charge is 0.0180 e. The van der Waals surface area contributed by atoms with Gasteiger partial charge in [-0.1, -0.05) is 31.9 Å². The van der Waals surface area contributed by atoms with Gasteiger partial charge in [0.1, 0.15) is 0 Å². The summed E-state index contributed by atoms with van der Waals surface area (Å²) in [6.45, 7) is 6.66. The maximum atomic E-state index is 3.59. The molecule has 1 unspecified atom stereocenters. The molecule has 0 bridgehead atoms. The zero-order valence-corrected chi connectivity index (χ0v) is 14.5. The van der Waals surface area contributed by atoms with Gasteiger partial charge in [0.2, 0.25) is 0 Å². The fourth-order valence-electron chi connectivity index (χ4n) is 3.40. The molecule has 2 heteroatoms. The molecule has 0 heterocycles. The Bertz CT molecular complexity index is 631. The Labute approximate surface area is 131 Å². The molecule has 2 aromatic carbocycles. The lowest BCUT2D eigenvalue weighted by Gasteiger charge is -2.35. The van der Waals surface area contributed by atoms with E-state index in [1.54, 1.807) is 0 Å². The van der Waals surface area contributed by atoms with E-state index in [2.05, 4.69) is 76.9 Å². The van der Waals surface area contributed by atoms with Crippen molar-refractivity contribution in [2.45, 2.75) is 33.1 Å². The van der Waals surface area contributed by atoms with Crippen molar-refractivity contribution in [3.05, 3.63) is 66.6 Å². The number of fused-ring (bicyclic) bond motifs is 1. The largest absolute Gasteiger partial charge is 0.0508 e. The molecule has 1 aliphatic carbocycles. The van der Waals surface area contributed by atoms with Crippen molar-refractivity contribution in [3.8, 4) is 0 Å². The van der Waals surface area contributed by atoms with Crippen molar-refractivity contribution >= 4 is 31.9 Å². The summed E-state index contributed by atoms with van der Waals surface area (Å²) in [6.07, 6.45) is 1.17. The van der Waals surface area contributed by atoms with Crippen LogP contribution in [0.3, 0.4) is 0 Å². The van der Waals surface area contributed by atoms with Gasteiger partial charge in [-0.25, -0.2) is 0 Å². The summed E-state index contributed by atoms with van der Waals surface area (Å²) in [7, 11) is 0. The van der Waals surface area contributed by atoms with E-state index in [1.807, 2.05) is 0 Å². The molecule has 0 N–H and O–H groups in total. The number of halogens is 2. The Morgan fingerprint density at radius 1 is 0.789 bits per heavy atom. The Balaban J connectivity index is 2.12. The summed E-state index contributed by atoms with van der Waals surface area (Å²) in [5.41, 5.74) is 8.74. The van der Waals surface area contributed by atoms with Crippen molar-refractivity contribution < 1.29 is 0 Å². The lowest BCUT2D eigenvalue weighted by molar-refractivity contribution is 0.690. The van der Waals surface area contributed by atoms with E-state index < -0.39 is 0 Å². The topological polar surface area (TPSA) is 0 Å². The molecule has 19 heavy (non-hydrogen) atoms. The molecule has 0 aromatic heterocycles. The van der Waals surface area contributed by atoms with Gasteiger partial charge in [0.25, 0.3) is 0 Å². The predicted molar refractivity (Wildman–Crippen MR) is 88.0 cm³/mol. The summed E-state index contributed by atoms with van der Waals surface area (Å²) in [5, 5.41) is 0. The highest BCUT2D eigenvalue weighted by atomic mass is 79.9. The molecular weight excluding hydrogens is 364 g/mol. The zero-order valence-electron chi connectivity index (χ0n) is 11.3. The molecule has 1 aliphatic rings. The van der Waals surface area contributed by atoms with Crippen LogP contribution in [-0.2, 0) is 6.42 Å². The zero-order chi connectivity index (χ0) is 13.7. The maximum absolute atomic E-state index is 3.59. The van der Waals surface area contributed by atoms with Gasteiger partial charge in [0.05, 0.1) is 0 Å². The maximum Gasteiger partial charge on any atom is 0.0180 e. The van der Waals surface area contributed by atoms with Crippen LogP contribution in [0.2, 0.25) is 0 Å². The molecule has 0 saturated carbocycles. The molecule has 0 aliphatic heterocycles. The highest BCUT2D eigenvalue weighted by Gasteiger charge is 2.31. The molecule has 0 spiro atoms. The fourth-order valence-corrected chi connectivity index (χ4v) is 4.71. The van der Waals surface area contributed by atoms with E-state index in [4.69, 9.17) is 0 Å². The first-order valence-corrected chi connectivity index (χ1v) is 8.11. The van der Waals surface area contributed by atoms with Crippen molar-refractivity contribution in [1.82, 2.24) is 0 Å².